The Hall–Kier alpha value is -0.0000000000000000486. The van der Waals surface area contributed by atoms with Crippen molar-refractivity contribution < 1.29 is 0 Å². The Bertz CT molecular complexity index is 118. The molecule has 0 aliphatic carbocycles. The fourth-order valence-electron chi connectivity index (χ4n) is 0.632. The van der Waals surface area contributed by atoms with Crippen molar-refractivity contribution in [3.63, 3.8) is 0 Å². The minimum Gasteiger partial charge on any atom is -0.359 e. The molecule has 0 aliphatic rings. The van der Waals surface area contributed by atoms with Crippen LogP contribution < -0.4 is 16.6 Å². The molecule has 1 atom stereocenters. The van der Waals surface area contributed by atoms with Crippen LogP contribution in [-0.2, 0) is 0 Å². The predicted molar refractivity (Wildman–Crippen MR) is 55.5 cm³/mol. The van der Waals surface area contributed by atoms with E-state index in [0.29, 0.717) is 11.2 Å². The lowest BCUT2D eigenvalue weighted by Crippen LogP contribution is -2.43. The molecule has 1 unspecified atom stereocenters. The lowest BCUT2D eigenvalue weighted by atomic mass is 10.3. The van der Waals surface area contributed by atoms with E-state index in [1.165, 1.54) is 0 Å². The van der Waals surface area contributed by atoms with Gasteiger partial charge in [-0.05, 0) is 37.6 Å². The molecule has 0 spiro atoms. The molecule has 0 bridgehead atoms. The maximum Gasteiger partial charge on any atom is 0.180 e. The van der Waals surface area contributed by atoms with Crippen LogP contribution in [0.25, 0.3) is 0 Å². The van der Waals surface area contributed by atoms with Gasteiger partial charge in [-0.2, -0.15) is 11.8 Å². The quantitative estimate of drug-likeness (QED) is 0.344. The van der Waals surface area contributed by atoms with Crippen molar-refractivity contribution in [3.8, 4) is 0 Å². The van der Waals surface area contributed by atoms with E-state index in [1.54, 1.807) is 0 Å². The molecular formula is C6H15N3S2. The van der Waals surface area contributed by atoms with Gasteiger partial charge in [0, 0.05) is 6.04 Å². The first-order valence-electron chi connectivity index (χ1n) is 3.46. The minimum atomic E-state index is 0.394. The first-order chi connectivity index (χ1) is 5.20. The highest BCUT2D eigenvalue weighted by Crippen LogP contribution is 1.99. The van der Waals surface area contributed by atoms with Crippen LogP contribution in [0.3, 0.4) is 0 Å². The van der Waals surface area contributed by atoms with Crippen molar-refractivity contribution in [2.75, 3.05) is 12.0 Å². The summed E-state index contributed by atoms with van der Waals surface area (Å²) in [6.45, 7) is 2.08. The zero-order chi connectivity index (χ0) is 8.69. The summed E-state index contributed by atoms with van der Waals surface area (Å²) in [4.78, 5) is 0. The average molecular weight is 193 g/mol. The topological polar surface area (TPSA) is 50.1 Å². The number of hydrogen-bond acceptors (Lipinski definition) is 3. The van der Waals surface area contributed by atoms with Gasteiger partial charge in [0.05, 0.1) is 0 Å². The second-order valence-electron chi connectivity index (χ2n) is 2.30. The molecule has 0 aliphatic heterocycles. The SMILES string of the molecule is CSCCC(C)NC(=S)NN. The number of thiocarbonyl (C=S) groups is 1. The summed E-state index contributed by atoms with van der Waals surface area (Å²) in [6.07, 6.45) is 3.19. The first-order valence-corrected chi connectivity index (χ1v) is 5.27. The molecule has 0 rings (SSSR count). The monoisotopic (exact) mass is 193 g/mol. The van der Waals surface area contributed by atoms with E-state index in [0.717, 1.165) is 12.2 Å². The van der Waals surface area contributed by atoms with Gasteiger partial charge >= 0.3 is 0 Å². The molecule has 0 fully saturated rings. The van der Waals surface area contributed by atoms with Crippen LogP contribution in [0.15, 0.2) is 0 Å². The van der Waals surface area contributed by atoms with Crippen molar-refractivity contribution in [1.82, 2.24) is 10.7 Å². The standard InChI is InChI=1S/C6H15N3S2/c1-5(3-4-11-2)8-6(10)9-7/h5H,3-4,7H2,1-2H3,(H2,8,9,10). The normalized spacial score (nSPS) is 12.3. The second kappa shape index (κ2) is 6.69. The summed E-state index contributed by atoms with van der Waals surface area (Å²) in [5.41, 5.74) is 2.39. The molecule has 0 heterocycles. The minimum absolute atomic E-state index is 0.394. The van der Waals surface area contributed by atoms with Gasteiger partial charge in [0.1, 0.15) is 0 Å². The molecule has 0 radical (unpaired) electrons. The number of nitrogens with one attached hydrogen (secondary N) is 2. The summed E-state index contributed by atoms with van der Waals surface area (Å²) >= 11 is 6.66. The lowest BCUT2D eigenvalue weighted by molar-refractivity contribution is 0.640. The van der Waals surface area contributed by atoms with E-state index in [4.69, 9.17) is 18.1 Å². The van der Waals surface area contributed by atoms with Crippen LogP contribution in [0.2, 0.25) is 0 Å². The number of nitrogens with two attached hydrogens (primary N) is 1. The van der Waals surface area contributed by atoms with Crippen LogP contribution >= 0.6 is 24.0 Å². The van der Waals surface area contributed by atoms with Crippen LogP contribution in [-0.4, -0.2) is 23.2 Å². The third-order valence-corrected chi connectivity index (χ3v) is 2.14. The Morgan fingerprint density at radius 1 is 1.73 bits per heavy atom. The maximum atomic E-state index is 5.09. The number of thioether (sulfide) groups is 1. The van der Waals surface area contributed by atoms with Gasteiger partial charge in [-0.25, -0.2) is 5.84 Å². The molecule has 0 saturated heterocycles. The van der Waals surface area contributed by atoms with Gasteiger partial charge in [-0.15, -0.1) is 0 Å². The van der Waals surface area contributed by atoms with Crippen LogP contribution in [0.4, 0.5) is 0 Å². The highest BCUT2D eigenvalue weighted by Gasteiger charge is 2.00. The zero-order valence-electron chi connectivity index (χ0n) is 6.89. The van der Waals surface area contributed by atoms with E-state index in [9.17, 15) is 0 Å². The molecule has 11 heavy (non-hydrogen) atoms. The van der Waals surface area contributed by atoms with E-state index in [2.05, 4.69) is 23.9 Å². The van der Waals surface area contributed by atoms with Gasteiger partial charge in [0.2, 0.25) is 0 Å². The second-order valence-corrected chi connectivity index (χ2v) is 3.69. The molecular weight excluding hydrogens is 178 g/mol. The molecule has 0 aromatic carbocycles. The average Bonchev–Trinajstić information content (AvgIpc) is 2.00. The highest BCUT2D eigenvalue weighted by atomic mass is 32.2. The predicted octanol–water partition coefficient (Wildman–Crippen LogP) is 0.466. The van der Waals surface area contributed by atoms with Gasteiger partial charge in [-0.1, -0.05) is 0 Å². The smallest absolute Gasteiger partial charge is 0.180 e. The number of hydrogen-bond donors (Lipinski definition) is 3. The number of rotatable bonds is 4. The Balaban J connectivity index is 3.35. The molecule has 0 aromatic heterocycles. The lowest BCUT2D eigenvalue weighted by Gasteiger charge is -2.14. The number of hydrazine groups is 1. The fraction of sp³-hybridized carbons (Fsp3) is 0.833. The third kappa shape index (κ3) is 6.40. The summed E-state index contributed by atoms with van der Waals surface area (Å²) in [5, 5.41) is 3.56. The zero-order valence-corrected chi connectivity index (χ0v) is 8.52. The van der Waals surface area contributed by atoms with Crippen molar-refractivity contribution in [3.05, 3.63) is 0 Å². The van der Waals surface area contributed by atoms with Crippen LogP contribution in [0.5, 0.6) is 0 Å². The molecule has 66 valence electrons. The van der Waals surface area contributed by atoms with Gasteiger partial charge in [0.15, 0.2) is 5.11 Å². The summed E-state index contributed by atoms with van der Waals surface area (Å²) in [5.74, 6) is 6.23. The van der Waals surface area contributed by atoms with Crippen molar-refractivity contribution in [2.24, 2.45) is 5.84 Å². The summed E-state index contributed by atoms with van der Waals surface area (Å²) < 4.78 is 0. The summed E-state index contributed by atoms with van der Waals surface area (Å²) in [6, 6.07) is 0.394. The molecule has 0 amide bonds. The first kappa shape index (κ1) is 11.0. The molecule has 0 aromatic rings. The molecule has 5 heteroatoms. The maximum absolute atomic E-state index is 5.09. The van der Waals surface area contributed by atoms with E-state index in [-0.39, 0.29) is 0 Å². The third-order valence-electron chi connectivity index (χ3n) is 1.26. The highest BCUT2D eigenvalue weighted by molar-refractivity contribution is 7.98. The van der Waals surface area contributed by atoms with Gasteiger partial charge in [0.25, 0.3) is 0 Å². The fourth-order valence-corrected chi connectivity index (χ4v) is 1.42. The van der Waals surface area contributed by atoms with Crippen molar-refractivity contribution in [1.29, 1.82) is 0 Å². The van der Waals surface area contributed by atoms with Crippen molar-refractivity contribution >= 4 is 29.1 Å². The van der Waals surface area contributed by atoms with E-state index in [1.807, 2.05) is 11.8 Å². The Kier molecular flexibility index (Phi) is 6.69. The van der Waals surface area contributed by atoms with Gasteiger partial charge in [-0.3, -0.25) is 0 Å². The van der Waals surface area contributed by atoms with Crippen molar-refractivity contribution in [2.45, 2.75) is 19.4 Å². The van der Waals surface area contributed by atoms with E-state index >= 15 is 0 Å². The molecule has 0 saturated carbocycles. The van der Waals surface area contributed by atoms with Crippen LogP contribution in [0.1, 0.15) is 13.3 Å². The largest absolute Gasteiger partial charge is 0.359 e. The van der Waals surface area contributed by atoms with Gasteiger partial charge < -0.3 is 10.7 Å². The Morgan fingerprint density at radius 2 is 2.36 bits per heavy atom. The van der Waals surface area contributed by atoms with E-state index < -0.39 is 0 Å². The molecule has 4 N–H and O–H groups in total. The molecule has 3 nitrogen and oxygen atoms in total. The Morgan fingerprint density at radius 3 is 2.82 bits per heavy atom. The summed E-state index contributed by atoms with van der Waals surface area (Å²) in [7, 11) is 0. The Labute approximate surface area is 77.5 Å². The van der Waals surface area contributed by atoms with Crippen LogP contribution in [0, 0.1) is 0 Å².